The number of fused-ring (bicyclic) bond motifs is 1. The first-order chi connectivity index (χ1) is 10.9. The summed E-state index contributed by atoms with van der Waals surface area (Å²) in [5.74, 6) is 0.403. The molecule has 1 aromatic carbocycles. The number of ether oxygens (including phenoxy) is 1. The van der Waals surface area contributed by atoms with Crippen molar-refractivity contribution in [1.82, 2.24) is 9.88 Å². The minimum atomic E-state index is -0.439. The number of benzene rings is 1. The Kier molecular flexibility index (Phi) is 4.24. The van der Waals surface area contributed by atoms with Gasteiger partial charge >= 0.3 is 6.09 Å². The zero-order valence-electron chi connectivity index (χ0n) is 14.1. The molecule has 3 rings (SSSR count). The lowest BCUT2D eigenvalue weighted by atomic mass is 9.90. The van der Waals surface area contributed by atoms with Crippen LogP contribution in [0.15, 0.2) is 36.5 Å². The number of hydrogen-bond donors (Lipinski definition) is 0. The zero-order chi connectivity index (χ0) is 16.4. The Morgan fingerprint density at radius 2 is 1.87 bits per heavy atom. The second kappa shape index (κ2) is 6.19. The topological polar surface area (TPSA) is 42.4 Å². The molecule has 0 atom stereocenters. The van der Waals surface area contributed by atoms with Gasteiger partial charge in [-0.2, -0.15) is 0 Å². The highest BCUT2D eigenvalue weighted by atomic mass is 16.6. The molecule has 1 fully saturated rings. The molecule has 0 unspecified atom stereocenters. The van der Waals surface area contributed by atoms with Gasteiger partial charge in [-0.1, -0.05) is 24.3 Å². The molecule has 1 aliphatic heterocycles. The lowest BCUT2D eigenvalue weighted by molar-refractivity contribution is 0.0204. The van der Waals surface area contributed by atoms with E-state index in [1.54, 1.807) is 0 Å². The maximum absolute atomic E-state index is 12.2. The van der Waals surface area contributed by atoms with Crippen LogP contribution in [0.5, 0.6) is 0 Å². The fourth-order valence-electron chi connectivity index (χ4n) is 3.13. The third-order valence-electron chi connectivity index (χ3n) is 4.24. The highest BCUT2D eigenvalue weighted by molar-refractivity contribution is 5.84. The van der Waals surface area contributed by atoms with Gasteiger partial charge in [-0.05, 0) is 45.1 Å². The van der Waals surface area contributed by atoms with Crippen molar-refractivity contribution in [3.05, 3.63) is 42.2 Å². The van der Waals surface area contributed by atoms with Crippen LogP contribution in [0.3, 0.4) is 0 Å². The Balaban J connectivity index is 1.70. The Morgan fingerprint density at radius 1 is 1.17 bits per heavy atom. The number of pyridine rings is 1. The summed E-state index contributed by atoms with van der Waals surface area (Å²) in [6.45, 7) is 7.15. The minimum Gasteiger partial charge on any atom is -0.444 e. The van der Waals surface area contributed by atoms with Gasteiger partial charge in [0.25, 0.3) is 0 Å². The highest BCUT2D eigenvalue weighted by Gasteiger charge is 2.28. The van der Waals surface area contributed by atoms with Gasteiger partial charge in [-0.3, -0.25) is 4.98 Å². The van der Waals surface area contributed by atoms with E-state index < -0.39 is 5.60 Å². The van der Waals surface area contributed by atoms with Crippen molar-refractivity contribution in [3.8, 4) is 0 Å². The molecule has 122 valence electrons. The number of carbonyl (C=O) groups is 1. The average Bonchev–Trinajstić information content (AvgIpc) is 2.53. The monoisotopic (exact) mass is 312 g/mol. The van der Waals surface area contributed by atoms with Crippen molar-refractivity contribution in [3.63, 3.8) is 0 Å². The average molecular weight is 312 g/mol. The molecule has 0 spiro atoms. The molecule has 1 amide bonds. The number of aromatic nitrogens is 1. The smallest absolute Gasteiger partial charge is 0.410 e. The van der Waals surface area contributed by atoms with Gasteiger partial charge < -0.3 is 9.64 Å². The van der Waals surface area contributed by atoms with E-state index in [1.165, 1.54) is 10.8 Å². The Bertz CT molecular complexity index is 693. The Labute approximate surface area is 137 Å². The normalized spacial score (nSPS) is 16.6. The van der Waals surface area contributed by atoms with Crippen LogP contribution in [0.1, 0.15) is 45.2 Å². The molecule has 0 aliphatic carbocycles. The van der Waals surface area contributed by atoms with Gasteiger partial charge in [0.05, 0.1) is 5.69 Å². The fraction of sp³-hybridized carbons (Fsp3) is 0.474. The number of carbonyl (C=O) groups excluding carboxylic acids is 1. The number of nitrogens with zero attached hydrogens (tertiary/aromatic N) is 2. The Morgan fingerprint density at radius 3 is 2.57 bits per heavy atom. The van der Waals surface area contributed by atoms with Crippen molar-refractivity contribution >= 4 is 16.9 Å². The Hall–Kier alpha value is -2.10. The maximum Gasteiger partial charge on any atom is 0.410 e. The third kappa shape index (κ3) is 3.63. The molecule has 0 saturated carbocycles. The lowest BCUT2D eigenvalue weighted by Gasteiger charge is -2.33. The number of hydrogen-bond acceptors (Lipinski definition) is 3. The van der Waals surface area contributed by atoms with Crippen molar-refractivity contribution < 1.29 is 9.53 Å². The fourth-order valence-corrected chi connectivity index (χ4v) is 3.13. The molecule has 1 saturated heterocycles. The van der Waals surface area contributed by atoms with E-state index in [1.807, 2.05) is 31.9 Å². The summed E-state index contributed by atoms with van der Waals surface area (Å²) in [4.78, 5) is 18.6. The van der Waals surface area contributed by atoms with Gasteiger partial charge in [-0.25, -0.2) is 4.79 Å². The number of rotatable bonds is 1. The van der Waals surface area contributed by atoms with E-state index in [0.29, 0.717) is 5.92 Å². The summed E-state index contributed by atoms with van der Waals surface area (Å²) >= 11 is 0. The van der Waals surface area contributed by atoms with Crippen molar-refractivity contribution in [2.45, 2.75) is 45.1 Å². The molecule has 1 aliphatic rings. The molecule has 0 bridgehead atoms. The SMILES string of the molecule is CC(C)(C)OC(=O)N1CCC(c2nccc3ccccc23)CC1. The van der Waals surface area contributed by atoms with Crippen molar-refractivity contribution in [2.75, 3.05) is 13.1 Å². The number of piperidine rings is 1. The molecule has 2 heterocycles. The van der Waals surface area contributed by atoms with Crippen LogP contribution in [0.4, 0.5) is 4.79 Å². The summed E-state index contributed by atoms with van der Waals surface area (Å²) < 4.78 is 5.46. The predicted octanol–water partition coefficient (Wildman–Crippen LogP) is 4.35. The van der Waals surface area contributed by atoms with Crippen LogP contribution in [0.25, 0.3) is 10.8 Å². The molecule has 4 nitrogen and oxygen atoms in total. The van der Waals surface area contributed by atoms with Crippen LogP contribution in [-0.4, -0.2) is 34.7 Å². The van der Waals surface area contributed by atoms with E-state index >= 15 is 0 Å². The quantitative estimate of drug-likeness (QED) is 0.786. The van der Waals surface area contributed by atoms with Crippen molar-refractivity contribution in [2.24, 2.45) is 0 Å². The summed E-state index contributed by atoms with van der Waals surface area (Å²) in [5.41, 5.74) is 0.720. The van der Waals surface area contributed by atoms with Gasteiger partial charge in [-0.15, -0.1) is 0 Å². The standard InChI is InChI=1S/C19H24N2O2/c1-19(2,3)23-18(22)21-12-9-15(10-13-21)17-16-7-5-4-6-14(16)8-11-20-17/h4-8,11,15H,9-10,12-13H2,1-3H3. The molecular weight excluding hydrogens is 288 g/mol. The van der Waals surface area contributed by atoms with Crippen LogP contribution in [-0.2, 0) is 4.74 Å². The summed E-state index contributed by atoms with van der Waals surface area (Å²) in [6, 6.07) is 10.4. The van der Waals surface area contributed by atoms with E-state index in [-0.39, 0.29) is 6.09 Å². The molecule has 0 radical (unpaired) electrons. The molecule has 4 heteroatoms. The molecule has 23 heavy (non-hydrogen) atoms. The maximum atomic E-state index is 12.2. The van der Waals surface area contributed by atoms with Crippen LogP contribution < -0.4 is 0 Å². The highest BCUT2D eigenvalue weighted by Crippen LogP contribution is 2.31. The van der Waals surface area contributed by atoms with Crippen LogP contribution >= 0.6 is 0 Å². The first-order valence-electron chi connectivity index (χ1n) is 8.25. The van der Waals surface area contributed by atoms with E-state index in [2.05, 4.69) is 35.3 Å². The van der Waals surface area contributed by atoms with Gasteiger partial charge in [0.15, 0.2) is 0 Å². The molecule has 1 aromatic heterocycles. The molecular formula is C19H24N2O2. The number of likely N-dealkylation sites (tertiary alicyclic amines) is 1. The third-order valence-corrected chi connectivity index (χ3v) is 4.24. The van der Waals surface area contributed by atoms with E-state index in [0.717, 1.165) is 31.6 Å². The van der Waals surface area contributed by atoms with E-state index in [4.69, 9.17) is 4.74 Å². The lowest BCUT2D eigenvalue weighted by Crippen LogP contribution is -2.41. The van der Waals surface area contributed by atoms with Crippen molar-refractivity contribution in [1.29, 1.82) is 0 Å². The first-order valence-corrected chi connectivity index (χ1v) is 8.25. The summed E-state index contributed by atoms with van der Waals surface area (Å²) in [5, 5.41) is 2.46. The second-order valence-electron chi connectivity index (χ2n) is 7.16. The molecule has 2 aromatic rings. The predicted molar refractivity (Wildman–Crippen MR) is 91.5 cm³/mol. The summed E-state index contributed by atoms with van der Waals surface area (Å²) in [7, 11) is 0. The van der Waals surface area contributed by atoms with Gasteiger partial charge in [0.2, 0.25) is 0 Å². The minimum absolute atomic E-state index is 0.207. The zero-order valence-corrected chi connectivity index (χ0v) is 14.1. The van der Waals surface area contributed by atoms with Gasteiger partial charge in [0, 0.05) is 30.6 Å². The summed E-state index contributed by atoms with van der Waals surface area (Å²) in [6.07, 6.45) is 3.54. The van der Waals surface area contributed by atoms with Gasteiger partial charge in [0.1, 0.15) is 5.60 Å². The molecule has 0 N–H and O–H groups in total. The van der Waals surface area contributed by atoms with Crippen LogP contribution in [0.2, 0.25) is 0 Å². The van der Waals surface area contributed by atoms with E-state index in [9.17, 15) is 4.79 Å². The van der Waals surface area contributed by atoms with Crippen LogP contribution in [0, 0.1) is 0 Å². The number of amides is 1. The second-order valence-corrected chi connectivity index (χ2v) is 7.16. The first kappa shape index (κ1) is 15.8. The largest absolute Gasteiger partial charge is 0.444 e.